The van der Waals surface area contributed by atoms with Gasteiger partial charge in [0.25, 0.3) is 0 Å². The Morgan fingerprint density at radius 3 is 2.26 bits per heavy atom. The van der Waals surface area contributed by atoms with Crippen LogP contribution in [0.25, 0.3) is 0 Å². The molecule has 7 atom stereocenters. The number of amides is 10. The average Bonchev–Trinajstić information content (AvgIpc) is 3.96. The molecule has 1 unspecified atom stereocenters. The molecule has 0 aliphatic carbocycles. The highest BCUT2D eigenvalue weighted by Crippen LogP contribution is 2.33. The number of nitrogens with zero attached hydrogens (tertiary/aromatic N) is 1. The van der Waals surface area contributed by atoms with E-state index < -0.39 is 85.1 Å². The van der Waals surface area contributed by atoms with Crippen molar-refractivity contribution in [3.05, 3.63) is 18.2 Å². The Morgan fingerprint density at radius 1 is 0.852 bits per heavy atom. The third-order valence-corrected chi connectivity index (χ3v) is 11.5. The van der Waals surface area contributed by atoms with Gasteiger partial charge in [-0.2, -0.15) is 11.8 Å². The molecule has 2 aliphatic rings. The van der Waals surface area contributed by atoms with Crippen molar-refractivity contribution in [2.75, 3.05) is 32.0 Å². The molecule has 24 heteroatoms. The number of carbonyl (C=O) groups excluding carboxylic acids is 9. The SMILES string of the molecule is CC(C)CC(CC(=O)NO)C(=O)N[C@@H](CO)C(=O)N[C@@H](Cc1cnc[nH]1)C(=O)NCC(=O)NCC(=O)N[C@@H](CCCCNC(=O)CCCC[C@@H]1SC[C@@H]2NC(=O)N[C@@H]21)C(N)=O. The summed E-state index contributed by atoms with van der Waals surface area (Å²) in [6, 6.07) is -3.72. The van der Waals surface area contributed by atoms with E-state index in [-0.39, 0.29) is 55.6 Å². The maximum Gasteiger partial charge on any atom is 0.315 e. The first-order valence-electron chi connectivity index (χ1n) is 20.3. The van der Waals surface area contributed by atoms with E-state index in [2.05, 4.69) is 52.5 Å². The van der Waals surface area contributed by atoms with Crippen LogP contribution in [0.5, 0.6) is 0 Å². The molecule has 3 heterocycles. The third kappa shape index (κ3) is 17.9. The molecule has 10 amide bonds. The highest BCUT2D eigenvalue weighted by molar-refractivity contribution is 8.00. The molecule has 23 nitrogen and oxygen atoms in total. The zero-order valence-corrected chi connectivity index (χ0v) is 35.2. The molecule has 1 aromatic rings. The minimum Gasteiger partial charge on any atom is -0.394 e. The van der Waals surface area contributed by atoms with E-state index in [4.69, 9.17) is 10.9 Å². The summed E-state index contributed by atoms with van der Waals surface area (Å²) < 4.78 is 0. The van der Waals surface area contributed by atoms with Crippen LogP contribution in [-0.4, -0.2) is 141 Å². The van der Waals surface area contributed by atoms with Crippen molar-refractivity contribution >= 4 is 65.1 Å². The summed E-state index contributed by atoms with van der Waals surface area (Å²) in [4.78, 5) is 119. The third-order valence-electron chi connectivity index (χ3n) is 9.98. The minimum absolute atomic E-state index is 0.0337. The summed E-state index contributed by atoms with van der Waals surface area (Å²) in [5.74, 6) is -5.79. The Labute approximate surface area is 357 Å². The number of urea groups is 1. The molecular formula is C37H60N12O11S. The van der Waals surface area contributed by atoms with E-state index in [0.717, 1.165) is 25.0 Å². The van der Waals surface area contributed by atoms with Gasteiger partial charge < -0.3 is 58.4 Å². The number of aromatic nitrogens is 2. The van der Waals surface area contributed by atoms with Gasteiger partial charge in [0, 0.05) is 54.6 Å². The summed E-state index contributed by atoms with van der Waals surface area (Å²) in [6.45, 7) is 1.96. The lowest BCUT2D eigenvalue weighted by Gasteiger charge is -2.24. The maximum atomic E-state index is 13.2. The summed E-state index contributed by atoms with van der Waals surface area (Å²) in [7, 11) is 0. The van der Waals surface area contributed by atoms with Crippen LogP contribution in [0.1, 0.15) is 77.3 Å². The fraction of sp³-hybridized carbons (Fsp3) is 0.676. The number of H-pyrrole nitrogens is 1. The second-order valence-electron chi connectivity index (χ2n) is 15.4. The molecule has 340 valence electrons. The van der Waals surface area contributed by atoms with Crippen molar-refractivity contribution < 1.29 is 53.5 Å². The quantitative estimate of drug-likeness (QED) is 0.0170. The van der Waals surface area contributed by atoms with Crippen LogP contribution >= 0.6 is 11.8 Å². The summed E-state index contributed by atoms with van der Waals surface area (Å²) in [5.41, 5.74) is 7.36. The molecule has 2 fully saturated rings. The van der Waals surface area contributed by atoms with Gasteiger partial charge in [-0.25, -0.2) is 15.3 Å². The van der Waals surface area contributed by atoms with Crippen molar-refractivity contribution in [1.29, 1.82) is 0 Å². The molecule has 0 bridgehead atoms. The Morgan fingerprint density at radius 2 is 1.59 bits per heavy atom. The normalized spacial score (nSPS) is 18.6. The highest BCUT2D eigenvalue weighted by Gasteiger charge is 2.42. The van der Waals surface area contributed by atoms with Gasteiger partial charge in [-0.1, -0.05) is 20.3 Å². The molecule has 2 saturated heterocycles. The number of hydroxylamine groups is 1. The number of nitrogens with one attached hydrogen (secondary N) is 10. The van der Waals surface area contributed by atoms with Gasteiger partial charge in [-0.15, -0.1) is 0 Å². The fourth-order valence-corrected chi connectivity index (χ4v) is 8.37. The van der Waals surface area contributed by atoms with Crippen LogP contribution in [0.2, 0.25) is 0 Å². The predicted molar refractivity (Wildman–Crippen MR) is 219 cm³/mol. The molecule has 0 spiro atoms. The van der Waals surface area contributed by atoms with Crippen LogP contribution in [0.15, 0.2) is 12.5 Å². The second kappa shape index (κ2) is 26.0. The summed E-state index contributed by atoms with van der Waals surface area (Å²) in [5, 5.41) is 39.8. The number of nitrogens with two attached hydrogens (primary N) is 1. The largest absolute Gasteiger partial charge is 0.394 e. The van der Waals surface area contributed by atoms with Gasteiger partial charge in [0.2, 0.25) is 47.3 Å². The standard InChI is InChI=1S/C37H60N12O11S/c1-20(2)11-21(12-29(52)49-60)34(56)46-25(17-50)36(58)45-24(13-22-14-39-19-43-22)35(57)42-15-30(53)41-16-31(54)44-23(33(38)55)7-5-6-10-40-28(51)9-4-3-8-27-32-26(18-61-27)47-37(59)48-32/h14,19-21,23-27,32,50,60H,3-13,15-18H2,1-2H3,(H2,38,55)(H,39,43)(H,40,51)(H,41,53)(H,42,57)(H,44,54)(H,45,58)(H,46,56)(H,49,52)(H2,47,48,59)/t21?,23-,24-,25-,26-,27-,32-/m0/s1. The van der Waals surface area contributed by atoms with Crippen LogP contribution in [-0.2, 0) is 44.8 Å². The van der Waals surface area contributed by atoms with Crippen molar-refractivity contribution in [1.82, 2.24) is 58.0 Å². The number of unbranched alkanes of at least 4 members (excludes halogenated alkanes) is 2. The highest BCUT2D eigenvalue weighted by atomic mass is 32.2. The number of aliphatic hydroxyl groups excluding tert-OH is 1. The monoisotopic (exact) mass is 880 g/mol. The number of aromatic amines is 1. The minimum atomic E-state index is -1.53. The molecule has 61 heavy (non-hydrogen) atoms. The van der Waals surface area contributed by atoms with Gasteiger partial charge >= 0.3 is 6.03 Å². The van der Waals surface area contributed by atoms with Gasteiger partial charge in [0.05, 0.1) is 38.1 Å². The first kappa shape index (κ1) is 49.9. The van der Waals surface area contributed by atoms with Crippen molar-refractivity contribution in [3.8, 4) is 0 Å². The summed E-state index contributed by atoms with van der Waals surface area (Å²) >= 11 is 1.83. The molecule has 14 N–H and O–H groups in total. The number of imidazole rings is 1. The molecule has 0 radical (unpaired) electrons. The fourth-order valence-electron chi connectivity index (χ4n) is 6.83. The number of carbonyl (C=O) groups is 9. The Kier molecular flexibility index (Phi) is 21.2. The number of rotatable bonds is 28. The lowest BCUT2D eigenvalue weighted by molar-refractivity contribution is -0.137. The molecule has 2 aliphatic heterocycles. The zero-order chi connectivity index (χ0) is 44.9. The van der Waals surface area contributed by atoms with Crippen LogP contribution in [0.3, 0.4) is 0 Å². The van der Waals surface area contributed by atoms with Crippen molar-refractivity contribution in [3.63, 3.8) is 0 Å². The van der Waals surface area contributed by atoms with Gasteiger partial charge in [0.15, 0.2) is 0 Å². The molecule has 3 rings (SSSR count). The van der Waals surface area contributed by atoms with E-state index >= 15 is 0 Å². The predicted octanol–water partition coefficient (Wildman–Crippen LogP) is -3.31. The van der Waals surface area contributed by atoms with Crippen molar-refractivity contribution in [2.45, 2.75) is 114 Å². The van der Waals surface area contributed by atoms with Crippen LogP contribution in [0.4, 0.5) is 4.79 Å². The molecule has 0 saturated carbocycles. The molecular weight excluding hydrogens is 821 g/mol. The first-order chi connectivity index (χ1) is 29.1. The van der Waals surface area contributed by atoms with E-state index in [9.17, 15) is 48.3 Å². The van der Waals surface area contributed by atoms with Gasteiger partial charge in [-0.05, 0) is 44.4 Å². The van der Waals surface area contributed by atoms with Gasteiger partial charge in [-0.3, -0.25) is 43.6 Å². The first-order valence-corrected chi connectivity index (χ1v) is 21.3. The smallest absolute Gasteiger partial charge is 0.315 e. The Balaban J connectivity index is 1.37. The van der Waals surface area contributed by atoms with E-state index in [0.29, 0.717) is 36.8 Å². The number of primary amides is 1. The Bertz CT molecular complexity index is 1670. The van der Waals surface area contributed by atoms with Crippen molar-refractivity contribution in [2.24, 2.45) is 17.6 Å². The lowest BCUT2D eigenvalue weighted by atomic mass is 9.92. The lowest BCUT2D eigenvalue weighted by Crippen LogP contribution is -2.57. The van der Waals surface area contributed by atoms with Crippen LogP contribution in [0, 0.1) is 11.8 Å². The zero-order valence-electron chi connectivity index (χ0n) is 34.4. The van der Waals surface area contributed by atoms with Gasteiger partial charge in [0.1, 0.15) is 18.1 Å². The molecule has 1 aromatic heterocycles. The number of fused-ring (bicyclic) bond motifs is 1. The topological polar surface area (TPSA) is 357 Å². The van der Waals surface area contributed by atoms with E-state index in [1.165, 1.54) is 18.0 Å². The summed E-state index contributed by atoms with van der Waals surface area (Å²) in [6.07, 6.45) is 6.49. The number of thioether (sulfide) groups is 1. The van der Waals surface area contributed by atoms with E-state index in [1.807, 2.05) is 25.6 Å². The number of aliphatic hydroxyl groups is 1. The average molecular weight is 881 g/mol. The van der Waals surface area contributed by atoms with Crippen LogP contribution < -0.4 is 53.7 Å². The number of hydrogen-bond acceptors (Lipinski definition) is 13. The molecule has 0 aromatic carbocycles. The number of hydrogen-bond donors (Lipinski definition) is 13. The van der Waals surface area contributed by atoms with E-state index in [1.54, 1.807) is 0 Å². The Hall–Kier alpha value is -5.49. The second-order valence-corrected chi connectivity index (χ2v) is 16.7. The maximum absolute atomic E-state index is 13.2.